The van der Waals surface area contributed by atoms with Gasteiger partial charge in [-0.3, -0.25) is 9.69 Å². The molecule has 1 aliphatic heterocycles. The second kappa shape index (κ2) is 6.72. The number of benzene rings is 2. The Morgan fingerprint density at radius 1 is 1.12 bits per heavy atom. The molecule has 24 heavy (non-hydrogen) atoms. The van der Waals surface area contributed by atoms with Crippen LogP contribution in [0.5, 0.6) is 5.75 Å². The zero-order valence-electron chi connectivity index (χ0n) is 13.1. The van der Waals surface area contributed by atoms with Gasteiger partial charge in [-0.25, -0.2) is 4.79 Å². The van der Waals surface area contributed by atoms with Crippen molar-refractivity contribution >= 4 is 17.6 Å². The predicted molar refractivity (Wildman–Crippen MR) is 86.9 cm³/mol. The lowest BCUT2D eigenvalue weighted by Gasteiger charge is -2.43. The quantitative estimate of drug-likeness (QED) is 0.822. The molecule has 1 saturated heterocycles. The maximum atomic E-state index is 12.4. The normalized spacial score (nSPS) is 19.7. The average molecular weight is 327 g/mol. The summed E-state index contributed by atoms with van der Waals surface area (Å²) in [5.74, 6) is -0.817. The predicted octanol–water partition coefficient (Wildman–Crippen LogP) is 2.08. The molecule has 0 radical (unpaired) electrons. The van der Waals surface area contributed by atoms with Crippen LogP contribution in [0.25, 0.3) is 0 Å². The first-order chi connectivity index (χ1) is 11.6. The molecule has 2 atom stereocenters. The molecular formula is C18H17NO5. The summed E-state index contributed by atoms with van der Waals surface area (Å²) < 4.78 is 10.6. The van der Waals surface area contributed by atoms with Gasteiger partial charge in [-0.15, -0.1) is 0 Å². The number of carbonyl (C=O) groups excluding carboxylic acids is 1. The van der Waals surface area contributed by atoms with E-state index in [1.54, 1.807) is 24.3 Å². The van der Waals surface area contributed by atoms with E-state index in [9.17, 15) is 14.7 Å². The summed E-state index contributed by atoms with van der Waals surface area (Å²) in [5, 5.41) is 9.45. The van der Waals surface area contributed by atoms with Gasteiger partial charge >= 0.3 is 5.97 Å². The number of hydrogen-bond acceptors (Lipinski definition) is 4. The molecule has 2 aromatic carbocycles. The van der Waals surface area contributed by atoms with E-state index in [4.69, 9.17) is 9.47 Å². The van der Waals surface area contributed by atoms with Gasteiger partial charge in [-0.2, -0.15) is 0 Å². The Balaban J connectivity index is 1.73. The molecule has 1 amide bonds. The van der Waals surface area contributed by atoms with Gasteiger partial charge in [0.15, 0.2) is 12.1 Å². The number of hydrogen-bond donors (Lipinski definition) is 1. The summed E-state index contributed by atoms with van der Waals surface area (Å²) in [6, 6.07) is 15.0. The van der Waals surface area contributed by atoms with Crippen molar-refractivity contribution in [2.45, 2.75) is 18.8 Å². The van der Waals surface area contributed by atoms with Crippen LogP contribution in [0.15, 0.2) is 54.6 Å². The van der Waals surface area contributed by atoms with Gasteiger partial charge in [-0.05, 0) is 29.8 Å². The van der Waals surface area contributed by atoms with Crippen LogP contribution in [0, 0.1) is 0 Å². The number of carboxylic acid groups (broad SMARTS) is 1. The van der Waals surface area contributed by atoms with Crippen molar-refractivity contribution in [3.8, 4) is 5.75 Å². The SMILES string of the molecule is COc1ccc(N2C(=O)C(OCc3ccccc3)C2C(=O)O)cc1. The van der Waals surface area contributed by atoms with Crippen molar-refractivity contribution in [3.05, 3.63) is 60.2 Å². The zero-order valence-corrected chi connectivity index (χ0v) is 13.1. The van der Waals surface area contributed by atoms with Crippen LogP contribution in [0.4, 0.5) is 5.69 Å². The maximum Gasteiger partial charge on any atom is 0.330 e. The topological polar surface area (TPSA) is 76.1 Å². The van der Waals surface area contributed by atoms with E-state index in [2.05, 4.69) is 0 Å². The fourth-order valence-corrected chi connectivity index (χ4v) is 2.66. The summed E-state index contributed by atoms with van der Waals surface area (Å²) in [5.41, 5.74) is 1.39. The Bertz CT molecular complexity index is 729. The first kappa shape index (κ1) is 16.0. The molecule has 0 aromatic heterocycles. The summed E-state index contributed by atoms with van der Waals surface area (Å²) in [4.78, 5) is 25.1. The third-order valence-corrected chi connectivity index (χ3v) is 3.92. The second-order valence-corrected chi connectivity index (χ2v) is 5.41. The van der Waals surface area contributed by atoms with Crippen molar-refractivity contribution in [3.63, 3.8) is 0 Å². The lowest BCUT2D eigenvalue weighted by molar-refractivity contribution is -0.158. The van der Waals surface area contributed by atoms with E-state index in [-0.39, 0.29) is 12.5 Å². The molecule has 0 bridgehead atoms. The van der Waals surface area contributed by atoms with Crippen molar-refractivity contribution < 1.29 is 24.2 Å². The van der Waals surface area contributed by atoms with Crippen molar-refractivity contribution in [1.82, 2.24) is 0 Å². The van der Waals surface area contributed by atoms with E-state index in [0.717, 1.165) is 5.56 Å². The minimum atomic E-state index is -1.09. The minimum absolute atomic E-state index is 0.192. The molecule has 2 unspecified atom stereocenters. The molecule has 2 aromatic rings. The van der Waals surface area contributed by atoms with Crippen LogP contribution in [-0.2, 0) is 20.9 Å². The number of β-lactam (4-membered cyclic amide) rings is 1. The monoisotopic (exact) mass is 327 g/mol. The number of carbonyl (C=O) groups is 2. The molecule has 6 heteroatoms. The van der Waals surface area contributed by atoms with E-state index >= 15 is 0 Å². The molecule has 1 heterocycles. The molecule has 0 aliphatic carbocycles. The smallest absolute Gasteiger partial charge is 0.330 e. The summed E-state index contributed by atoms with van der Waals surface area (Å²) >= 11 is 0. The van der Waals surface area contributed by atoms with Crippen molar-refractivity contribution in [1.29, 1.82) is 0 Å². The Kier molecular flexibility index (Phi) is 4.48. The highest BCUT2D eigenvalue weighted by atomic mass is 16.5. The molecule has 1 fully saturated rings. The standard InChI is InChI=1S/C18H17NO5/c1-23-14-9-7-13(8-10-14)19-15(18(21)22)16(17(19)20)24-11-12-5-3-2-4-6-12/h2-10,15-16H,11H2,1H3,(H,21,22). The maximum absolute atomic E-state index is 12.4. The number of methoxy groups -OCH3 is 1. The number of anilines is 1. The van der Waals surface area contributed by atoms with Crippen LogP contribution in [0.3, 0.4) is 0 Å². The molecule has 1 N–H and O–H groups in total. The third kappa shape index (κ3) is 2.96. The van der Waals surface area contributed by atoms with E-state index in [1.165, 1.54) is 12.0 Å². The first-order valence-corrected chi connectivity index (χ1v) is 7.47. The van der Waals surface area contributed by atoms with Crippen LogP contribution in [-0.4, -0.2) is 36.2 Å². The van der Waals surface area contributed by atoms with Crippen molar-refractivity contribution in [2.24, 2.45) is 0 Å². The Morgan fingerprint density at radius 3 is 2.38 bits per heavy atom. The summed E-state index contributed by atoms with van der Waals surface area (Å²) in [6.45, 7) is 0.192. The number of carboxylic acids is 1. The number of nitrogens with zero attached hydrogens (tertiary/aromatic N) is 1. The van der Waals surface area contributed by atoms with Gasteiger partial charge in [0.2, 0.25) is 0 Å². The number of aliphatic carboxylic acids is 1. The van der Waals surface area contributed by atoms with Gasteiger partial charge in [0.25, 0.3) is 5.91 Å². The highest BCUT2D eigenvalue weighted by Gasteiger charge is 2.53. The number of ether oxygens (including phenoxy) is 2. The highest BCUT2D eigenvalue weighted by Crippen LogP contribution is 2.32. The fourth-order valence-electron chi connectivity index (χ4n) is 2.66. The summed E-state index contributed by atoms with van der Waals surface area (Å²) in [6.07, 6.45) is -0.982. The zero-order chi connectivity index (χ0) is 17.1. The molecular weight excluding hydrogens is 310 g/mol. The third-order valence-electron chi connectivity index (χ3n) is 3.92. The molecule has 3 rings (SSSR count). The van der Waals surface area contributed by atoms with Crippen LogP contribution >= 0.6 is 0 Å². The highest BCUT2D eigenvalue weighted by molar-refractivity contribution is 6.12. The fraction of sp³-hybridized carbons (Fsp3) is 0.222. The van der Waals surface area contributed by atoms with E-state index < -0.39 is 18.1 Å². The molecule has 1 aliphatic rings. The molecule has 6 nitrogen and oxygen atoms in total. The van der Waals surface area contributed by atoms with Crippen molar-refractivity contribution in [2.75, 3.05) is 12.0 Å². The van der Waals surface area contributed by atoms with Gasteiger partial charge < -0.3 is 14.6 Å². The minimum Gasteiger partial charge on any atom is -0.497 e. The van der Waals surface area contributed by atoms with Gasteiger partial charge in [0.05, 0.1) is 13.7 Å². The molecule has 0 saturated carbocycles. The first-order valence-electron chi connectivity index (χ1n) is 7.47. The van der Waals surface area contributed by atoms with Gasteiger partial charge in [0.1, 0.15) is 5.75 Å². The van der Waals surface area contributed by atoms with E-state index in [1.807, 2.05) is 30.3 Å². The van der Waals surface area contributed by atoms with Gasteiger partial charge in [0, 0.05) is 5.69 Å². The largest absolute Gasteiger partial charge is 0.497 e. The van der Waals surface area contributed by atoms with Crippen LogP contribution in [0.2, 0.25) is 0 Å². The van der Waals surface area contributed by atoms with Gasteiger partial charge in [-0.1, -0.05) is 30.3 Å². The lowest BCUT2D eigenvalue weighted by atomic mass is 9.96. The average Bonchev–Trinajstić information content (AvgIpc) is 2.60. The number of rotatable bonds is 6. The number of amides is 1. The Labute approximate surface area is 139 Å². The Hall–Kier alpha value is -2.86. The lowest BCUT2D eigenvalue weighted by Crippen LogP contribution is -2.69. The van der Waals surface area contributed by atoms with E-state index in [0.29, 0.717) is 11.4 Å². The van der Waals surface area contributed by atoms with Crippen LogP contribution in [0.1, 0.15) is 5.56 Å². The summed E-state index contributed by atoms with van der Waals surface area (Å²) in [7, 11) is 1.54. The molecule has 0 spiro atoms. The molecule has 124 valence electrons. The van der Waals surface area contributed by atoms with Crippen LogP contribution < -0.4 is 9.64 Å². The second-order valence-electron chi connectivity index (χ2n) is 5.41. The Morgan fingerprint density at radius 2 is 1.79 bits per heavy atom.